The van der Waals surface area contributed by atoms with Crippen molar-refractivity contribution in [3.8, 4) is 0 Å². The maximum Gasteiger partial charge on any atom is 0.339 e. The van der Waals surface area contributed by atoms with Gasteiger partial charge in [-0.3, -0.25) is 5.21 Å². The van der Waals surface area contributed by atoms with Gasteiger partial charge in [-0.05, 0) is 25.1 Å². The number of hydrogen-bond acceptors (Lipinski definition) is 3. The Hall–Kier alpha value is -1.75. The number of hydroxylamine groups is 2. The summed E-state index contributed by atoms with van der Waals surface area (Å²) < 4.78 is 5.02. The molecular weight excluding hydrogens is 184 g/mol. The van der Waals surface area contributed by atoms with Gasteiger partial charge in [0.25, 0.3) is 0 Å². The van der Waals surface area contributed by atoms with Crippen LogP contribution in [0.5, 0.6) is 0 Å². The van der Waals surface area contributed by atoms with Gasteiger partial charge >= 0.3 is 6.03 Å². The van der Waals surface area contributed by atoms with E-state index in [2.05, 4.69) is 0 Å². The van der Waals surface area contributed by atoms with E-state index in [1.165, 1.54) is 6.26 Å². The quantitative estimate of drug-likeness (QED) is 0.567. The van der Waals surface area contributed by atoms with Gasteiger partial charge in [-0.15, -0.1) is 0 Å². The van der Waals surface area contributed by atoms with Gasteiger partial charge in [0.05, 0.1) is 12.3 Å². The molecule has 1 unspecified atom stereocenters. The molecular formula is C9H12N2O3. The second-order valence-electron chi connectivity index (χ2n) is 2.80. The lowest BCUT2D eigenvalue weighted by atomic mass is 10.3. The van der Waals surface area contributed by atoms with Gasteiger partial charge in [-0.2, -0.15) is 5.06 Å². The maximum absolute atomic E-state index is 10.5. The summed E-state index contributed by atoms with van der Waals surface area (Å²) in [6.45, 7) is 1.63. The molecule has 5 nitrogen and oxygen atoms in total. The van der Waals surface area contributed by atoms with Gasteiger partial charge in [-0.1, -0.05) is 6.08 Å². The van der Waals surface area contributed by atoms with Gasteiger partial charge in [0.2, 0.25) is 0 Å². The second-order valence-corrected chi connectivity index (χ2v) is 2.80. The van der Waals surface area contributed by atoms with Crippen LogP contribution >= 0.6 is 0 Å². The molecule has 14 heavy (non-hydrogen) atoms. The molecule has 1 atom stereocenters. The molecule has 0 spiro atoms. The fourth-order valence-corrected chi connectivity index (χ4v) is 0.902. The second kappa shape index (κ2) is 4.48. The molecule has 2 amide bonds. The van der Waals surface area contributed by atoms with Crippen molar-refractivity contribution in [3.05, 3.63) is 30.2 Å². The van der Waals surface area contributed by atoms with Crippen molar-refractivity contribution in [1.29, 1.82) is 0 Å². The van der Waals surface area contributed by atoms with Crippen LogP contribution in [0.3, 0.4) is 0 Å². The van der Waals surface area contributed by atoms with Crippen LogP contribution in [-0.2, 0) is 0 Å². The van der Waals surface area contributed by atoms with Crippen LogP contribution < -0.4 is 5.73 Å². The van der Waals surface area contributed by atoms with E-state index in [1.807, 2.05) is 0 Å². The Kier molecular flexibility index (Phi) is 3.30. The molecule has 0 bridgehead atoms. The number of urea groups is 1. The highest BCUT2D eigenvalue weighted by Gasteiger charge is 2.11. The largest absolute Gasteiger partial charge is 0.465 e. The average molecular weight is 196 g/mol. The molecule has 3 N–H and O–H groups in total. The van der Waals surface area contributed by atoms with Crippen LogP contribution in [0.15, 0.2) is 28.9 Å². The van der Waals surface area contributed by atoms with Gasteiger partial charge in [0, 0.05) is 0 Å². The molecule has 0 saturated heterocycles. The van der Waals surface area contributed by atoms with Crippen LogP contribution in [0.2, 0.25) is 0 Å². The molecule has 0 aliphatic rings. The fraction of sp³-hybridized carbons (Fsp3) is 0.222. The highest BCUT2D eigenvalue weighted by molar-refractivity contribution is 5.71. The molecule has 0 aliphatic carbocycles. The summed E-state index contributed by atoms with van der Waals surface area (Å²) in [5.41, 5.74) is 4.87. The Morgan fingerprint density at radius 2 is 2.50 bits per heavy atom. The Balaban J connectivity index is 2.56. The third kappa shape index (κ3) is 2.63. The van der Waals surface area contributed by atoms with Gasteiger partial charge in [0.1, 0.15) is 5.76 Å². The normalized spacial score (nSPS) is 13.0. The Labute approximate surface area is 81.4 Å². The summed E-state index contributed by atoms with van der Waals surface area (Å²) in [6, 6.07) is 2.13. The number of amides is 2. The zero-order valence-corrected chi connectivity index (χ0v) is 7.75. The first-order valence-electron chi connectivity index (χ1n) is 4.10. The number of hydrogen-bond donors (Lipinski definition) is 2. The topological polar surface area (TPSA) is 79.7 Å². The van der Waals surface area contributed by atoms with E-state index < -0.39 is 12.1 Å². The minimum Gasteiger partial charge on any atom is -0.465 e. The van der Waals surface area contributed by atoms with E-state index >= 15 is 0 Å². The summed E-state index contributed by atoms with van der Waals surface area (Å²) in [6.07, 6.45) is 4.79. The predicted octanol–water partition coefficient (Wildman–Crippen LogP) is 1.45. The molecule has 0 aliphatic heterocycles. The fourth-order valence-electron chi connectivity index (χ4n) is 0.902. The Morgan fingerprint density at radius 1 is 1.79 bits per heavy atom. The van der Waals surface area contributed by atoms with Crippen LogP contribution in [0.1, 0.15) is 12.7 Å². The first kappa shape index (κ1) is 10.3. The number of carbonyl (C=O) groups is 1. The number of rotatable bonds is 3. The third-order valence-corrected chi connectivity index (χ3v) is 1.69. The van der Waals surface area contributed by atoms with E-state index in [-0.39, 0.29) is 0 Å². The zero-order chi connectivity index (χ0) is 10.6. The molecule has 76 valence electrons. The maximum atomic E-state index is 10.5. The Bertz CT molecular complexity index is 319. The number of furan rings is 1. The Morgan fingerprint density at radius 3 is 3.00 bits per heavy atom. The van der Waals surface area contributed by atoms with Crippen molar-refractivity contribution in [1.82, 2.24) is 5.06 Å². The SMILES string of the molecule is CC(/C=C/c1ccco1)N(O)C(N)=O. The highest BCUT2D eigenvalue weighted by atomic mass is 16.5. The smallest absolute Gasteiger partial charge is 0.339 e. The average Bonchev–Trinajstić information content (AvgIpc) is 2.65. The summed E-state index contributed by atoms with van der Waals surface area (Å²) >= 11 is 0. The lowest BCUT2D eigenvalue weighted by Crippen LogP contribution is -2.38. The lowest BCUT2D eigenvalue weighted by Gasteiger charge is -2.16. The van der Waals surface area contributed by atoms with Crippen molar-refractivity contribution in [3.63, 3.8) is 0 Å². The molecule has 1 aromatic rings. The van der Waals surface area contributed by atoms with E-state index in [4.69, 9.17) is 15.4 Å². The minimum atomic E-state index is -0.887. The summed E-state index contributed by atoms with van der Waals surface area (Å²) in [7, 11) is 0. The summed E-state index contributed by atoms with van der Waals surface area (Å²) in [4.78, 5) is 10.5. The highest BCUT2D eigenvalue weighted by Crippen LogP contribution is 2.05. The zero-order valence-electron chi connectivity index (χ0n) is 7.75. The number of nitrogens with two attached hydrogens (primary N) is 1. The van der Waals surface area contributed by atoms with Crippen LogP contribution in [0.4, 0.5) is 4.79 Å². The third-order valence-electron chi connectivity index (χ3n) is 1.69. The van der Waals surface area contributed by atoms with Gasteiger partial charge in [-0.25, -0.2) is 4.79 Å². The predicted molar refractivity (Wildman–Crippen MR) is 50.4 cm³/mol. The monoisotopic (exact) mass is 196 g/mol. The van der Waals surface area contributed by atoms with E-state index in [0.717, 1.165) is 0 Å². The van der Waals surface area contributed by atoms with E-state index in [9.17, 15) is 4.79 Å². The van der Waals surface area contributed by atoms with Crippen molar-refractivity contribution >= 4 is 12.1 Å². The van der Waals surface area contributed by atoms with Crippen LogP contribution in [-0.4, -0.2) is 22.3 Å². The minimum absolute atomic E-state index is 0.444. The lowest BCUT2D eigenvalue weighted by molar-refractivity contribution is -0.0560. The molecule has 1 heterocycles. The molecule has 0 saturated carbocycles. The molecule has 0 radical (unpaired) electrons. The summed E-state index contributed by atoms with van der Waals surface area (Å²) in [5.74, 6) is 0.648. The van der Waals surface area contributed by atoms with E-state index in [0.29, 0.717) is 10.8 Å². The number of primary amides is 1. The van der Waals surface area contributed by atoms with Crippen molar-refractivity contribution < 1.29 is 14.4 Å². The van der Waals surface area contributed by atoms with Crippen molar-refractivity contribution in [2.75, 3.05) is 0 Å². The number of carbonyl (C=O) groups excluding carboxylic acids is 1. The van der Waals surface area contributed by atoms with Gasteiger partial charge in [0.15, 0.2) is 0 Å². The standard InChI is InChI=1S/C9H12N2O3/c1-7(11(13)9(10)12)4-5-8-3-2-6-14-8/h2-7,13H,1H3,(H2,10,12)/b5-4+. The summed E-state index contributed by atoms with van der Waals surface area (Å²) in [5, 5.41) is 9.54. The molecule has 5 heteroatoms. The molecule has 1 rings (SSSR count). The van der Waals surface area contributed by atoms with Gasteiger partial charge < -0.3 is 10.2 Å². The van der Waals surface area contributed by atoms with Crippen molar-refractivity contribution in [2.45, 2.75) is 13.0 Å². The van der Waals surface area contributed by atoms with Crippen molar-refractivity contribution in [2.24, 2.45) is 5.73 Å². The number of nitrogens with zero attached hydrogens (tertiary/aromatic N) is 1. The molecule has 0 fully saturated rings. The first-order chi connectivity index (χ1) is 6.61. The van der Waals surface area contributed by atoms with Crippen LogP contribution in [0, 0.1) is 0 Å². The first-order valence-corrected chi connectivity index (χ1v) is 4.10. The molecule has 0 aromatic carbocycles. The van der Waals surface area contributed by atoms with E-state index in [1.54, 1.807) is 31.2 Å². The molecule has 1 aromatic heterocycles. The van der Waals surface area contributed by atoms with Crippen LogP contribution in [0.25, 0.3) is 6.08 Å².